The van der Waals surface area contributed by atoms with E-state index in [1.165, 1.54) is 18.4 Å². The molecule has 0 aliphatic carbocycles. The topological polar surface area (TPSA) is 53.6 Å². The van der Waals surface area contributed by atoms with Crippen molar-refractivity contribution in [3.8, 4) is 5.75 Å². The number of carbonyl (C=O) groups is 1. The third-order valence-electron chi connectivity index (χ3n) is 5.56. The molecule has 5 nitrogen and oxygen atoms in total. The third kappa shape index (κ3) is 7.34. The highest BCUT2D eigenvalue weighted by Crippen LogP contribution is 2.21. The van der Waals surface area contributed by atoms with Crippen molar-refractivity contribution in [2.75, 3.05) is 38.6 Å². The van der Waals surface area contributed by atoms with Crippen LogP contribution in [0.5, 0.6) is 5.75 Å². The molecule has 0 bridgehead atoms. The lowest BCUT2D eigenvalue weighted by atomic mass is 9.91. The predicted octanol–water partition coefficient (Wildman–Crippen LogP) is 4.69. The first-order chi connectivity index (χ1) is 14.6. The van der Waals surface area contributed by atoms with Crippen LogP contribution in [-0.4, -0.2) is 44.2 Å². The molecule has 1 atom stereocenters. The molecule has 0 saturated carbocycles. The van der Waals surface area contributed by atoms with Gasteiger partial charge in [-0.2, -0.15) is 0 Å². The maximum absolute atomic E-state index is 13.1. The Morgan fingerprint density at radius 2 is 2.03 bits per heavy atom. The van der Waals surface area contributed by atoms with E-state index in [9.17, 15) is 9.18 Å². The van der Waals surface area contributed by atoms with Gasteiger partial charge in [-0.3, -0.25) is 0 Å². The molecule has 6 heteroatoms. The lowest BCUT2D eigenvalue weighted by molar-refractivity contribution is 0.171. The van der Waals surface area contributed by atoms with Crippen LogP contribution in [0.3, 0.4) is 0 Å². The Hall–Kier alpha value is -2.60. The number of hydrogen-bond acceptors (Lipinski definition) is 3. The number of unbranched alkanes of at least 4 members (excludes halogenated alkanes) is 1. The lowest BCUT2D eigenvalue weighted by Gasteiger charge is -2.32. The molecular weight excluding hydrogens is 381 g/mol. The normalized spacial score (nSPS) is 16.8. The van der Waals surface area contributed by atoms with Gasteiger partial charge in [0.05, 0.1) is 7.11 Å². The molecule has 1 fully saturated rings. The Morgan fingerprint density at radius 1 is 1.20 bits per heavy atom. The summed E-state index contributed by atoms with van der Waals surface area (Å²) in [5, 5.41) is 5.74. The van der Waals surface area contributed by atoms with Gasteiger partial charge in [-0.1, -0.05) is 18.2 Å². The molecule has 2 aromatic rings. The van der Waals surface area contributed by atoms with E-state index in [0.717, 1.165) is 38.9 Å². The van der Waals surface area contributed by atoms with E-state index >= 15 is 0 Å². The van der Waals surface area contributed by atoms with Gasteiger partial charge >= 0.3 is 6.03 Å². The molecule has 1 heterocycles. The lowest BCUT2D eigenvalue weighted by Crippen LogP contribution is -2.37. The van der Waals surface area contributed by atoms with Crippen LogP contribution in [0, 0.1) is 11.7 Å². The number of benzene rings is 2. The summed E-state index contributed by atoms with van der Waals surface area (Å²) in [6, 6.07) is 14.0. The van der Waals surface area contributed by atoms with Crippen LogP contribution in [0.25, 0.3) is 0 Å². The Labute approximate surface area is 178 Å². The van der Waals surface area contributed by atoms with E-state index < -0.39 is 0 Å². The monoisotopic (exact) mass is 413 g/mol. The number of nitrogens with zero attached hydrogens (tertiary/aromatic N) is 1. The molecule has 1 saturated heterocycles. The van der Waals surface area contributed by atoms with Crippen LogP contribution < -0.4 is 15.4 Å². The van der Waals surface area contributed by atoms with Crippen molar-refractivity contribution in [1.82, 2.24) is 10.2 Å². The Balaban J connectivity index is 1.30. The SMILES string of the molecule is COc1cccc(NC(=O)NCCCCN2CCCC(Cc3ccc(F)cc3)C2)c1. The summed E-state index contributed by atoms with van der Waals surface area (Å²) in [5.41, 5.74) is 1.93. The second-order valence-electron chi connectivity index (χ2n) is 7.96. The smallest absolute Gasteiger partial charge is 0.319 e. The van der Waals surface area contributed by atoms with Gasteiger partial charge in [0.25, 0.3) is 0 Å². The van der Waals surface area contributed by atoms with Crippen molar-refractivity contribution in [2.24, 2.45) is 5.92 Å². The predicted molar refractivity (Wildman–Crippen MR) is 119 cm³/mol. The van der Waals surface area contributed by atoms with E-state index in [1.807, 2.05) is 30.3 Å². The largest absolute Gasteiger partial charge is 0.497 e. The summed E-state index contributed by atoms with van der Waals surface area (Å²) in [6.45, 7) is 3.95. The van der Waals surface area contributed by atoms with Crippen LogP contribution in [0.15, 0.2) is 48.5 Å². The number of carbonyl (C=O) groups excluding carboxylic acids is 1. The van der Waals surface area contributed by atoms with Crippen LogP contribution in [0.1, 0.15) is 31.2 Å². The summed E-state index contributed by atoms with van der Waals surface area (Å²) >= 11 is 0. The molecule has 2 N–H and O–H groups in total. The standard InChI is InChI=1S/C24H32FN3O2/c1-30-23-8-4-7-22(17-23)27-24(29)26-13-2-3-14-28-15-5-6-20(18-28)16-19-9-11-21(25)12-10-19/h4,7-12,17,20H,2-3,5-6,13-16,18H2,1H3,(H2,26,27,29). The summed E-state index contributed by atoms with van der Waals surface area (Å²) in [5.74, 6) is 1.18. The quantitative estimate of drug-likeness (QED) is 0.587. The molecule has 162 valence electrons. The number of halogens is 1. The fraction of sp³-hybridized carbons (Fsp3) is 0.458. The van der Waals surface area contributed by atoms with Crippen molar-refractivity contribution >= 4 is 11.7 Å². The minimum Gasteiger partial charge on any atom is -0.497 e. The number of amides is 2. The van der Waals surface area contributed by atoms with Gasteiger partial charge in [-0.05, 0) is 80.9 Å². The van der Waals surface area contributed by atoms with Gasteiger partial charge in [0.1, 0.15) is 11.6 Å². The van der Waals surface area contributed by atoms with Crippen LogP contribution >= 0.6 is 0 Å². The second-order valence-corrected chi connectivity index (χ2v) is 7.96. The molecule has 0 radical (unpaired) electrons. The molecule has 1 aliphatic rings. The third-order valence-corrected chi connectivity index (χ3v) is 5.56. The first-order valence-electron chi connectivity index (χ1n) is 10.8. The van der Waals surface area contributed by atoms with E-state index in [1.54, 1.807) is 25.3 Å². The average molecular weight is 414 g/mol. The zero-order valence-electron chi connectivity index (χ0n) is 17.7. The zero-order valence-corrected chi connectivity index (χ0v) is 17.7. The number of hydrogen-bond donors (Lipinski definition) is 2. The minimum atomic E-state index is -0.194. The van der Waals surface area contributed by atoms with Gasteiger partial charge in [-0.15, -0.1) is 0 Å². The summed E-state index contributed by atoms with van der Waals surface area (Å²) in [6.07, 6.45) is 5.48. The van der Waals surface area contributed by atoms with Gasteiger partial charge in [0.15, 0.2) is 0 Å². The molecule has 30 heavy (non-hydrogen) atoms. The first-order valence-corrected chi connectivity index (χ1v) is 10.8. The number of ether oxygens (including phenoxy) is 1. The highest BCUT2D eigenvalue weighted by Gasteiger charge is 2.19. The molecule has 0 spiro atoms. The number of nitrogens with one attached hydrogen (secondary N) is 2. The first kappa shape index (κ1) is 22.1. The molecule has 0 aromatic heterocycles. The molecule has 3 rings (SSSR count). The minimum absolute atomic E-state index is 0.171. The van der Waals surface area contributed by atoms with E-state index in [0.29, 0.717) is 23.9 Å². The Kier molecular flexibility index (Phi) is 8.51. The Morgan fingerprint density at radius 3 is 2.83 bits per heavy atom. The highest BCUT2D eigenvalue weighted by atomic mass is 19.1. The van der Waals surface area contributed by atoms with Gasteiger partial charge < -0.3 is 20.3 Å². The average Bonchev–Trinajstić information content (AvgIpc) is 2.75. The molecule has 2 amide bonds. The number of urea groups is 1. The zero-order chi connectivity index (χ0) is 21.2. The van der Waals surface area contributed by atoms with Crippen LogP contribution in [-0.2, 0) is 6.42 Å². The summed E-state index contributed by atoms with van der Waals surface area (Å²) in [4.78, 5) is 14.5. The molecule has 1 aliphatic heterocycles. The fourth-order valence-electron chi connectivity index (χ4n) is 4.01. The molecule has 1 unspecified atom stereocenters. The number of anilines is 1. The fourth-order valence-corrected chi connectivity index (χ4v) is 4.01. The number of piperidine rings is 1. The van der Waals surface area contributed by atoms with E-state index in [2.05, 4.69) is 15.5 Å². The van der Waals surface area contributed by atoms with Gasteiger partial charge in [0, 0.05) is 24.8 Å². The maximum atomic E-state index is 13.1. The number of rotatable bonds is 9. The Bertz CT molecular complexity index is 797. The maximum Gasteiger partial charge on any atom is 0.319 e. The number of likely N-dealkylation sites (tertiary alicyclic amines) is 1. The van der Waals surface area contributed by atoms with E-state index in [4.69, 9.17) is 4.74 Å². The van der Waals surface area contributed by atoms with Crippen molar-refractivity contribution in [3.05, 3.63) is 59.9 Å². The molecule has 2 aromatic carbocycles. The van der Waals surface area contributed by atoms with Crippen LogP contribution in [0.2, 0.25) is 0 Å². The molecular formula is C24H32FN3O2. The van der Waals surface area contributed by atoms with Gasteiger partial charge in [-0.25, -0.2) is 9.18 Å². The number of methoxy groups -OCH3 is 1. The van der Waals surface area contributed by atoms with Crippen molar-refractivity contribution in [1.29, 1.82) is 0 Å². The van der Waals surface area contributed by atoms with Crippen LogP contribution in [0.4, 0.5) is 14.9 Å². The van der Waals surface area contributed by atoms with E-state index in [-0.39, 0.29) is 11.8 Å². The highest BCUT2D eigenvalue weighted by molar-refractivity contribution is 5.89. The summed E-state index contributed by atoms with van der Waals surface area (Å²) in [7, 11) is 1.60. The van der Waals surface area contributed by atoms with Gasteiger partial charge in [0.2, 0.25) is 0 Å². The van der Waals surface area contributed by atoms with Crippen molar-refractivity contribution < 1.29 is 13.9 Å². The summed E-state index contributed by atoms with van der Waals surface area (Å²) < 4.78 is 18.2. The second kappa shape index (κ2) is 11.6. The van der Waals surface area contributed by atoms with Crippen molar-refractivity contribution in [3.63, 3.8) is 0 Å². The van der Waals surface area contributed by atoms with Crippen molar-refractivity contribution in [2.45, 2.75) is 32.1 Å².